The third-order valence-corrected chi connectivity index (χ3v) is 6.15. The number of amides is 1. The van der Waals surface area contributed by atoms with Gasteiger partial charge < -0.3 is 4.98 Å². The monoisotopic (exact) mass is 380 g/mol. The van der Waals surface area contributed by atoms with Crippen LogP contribution in [0.2, 0.25) is 0 Å². The largest absolute Gasteiger partial charge is 0.361 e. The fourth-order valence-electron chi connectivity index (χ4n) is 2.56. The van der Waals surface area contributed by atoms with Crippen LogP contribution in [0.3, 0.4) is 0 Å². The van der Waals surface area contributed by atoms with Crippen LogP contribution >= 0.6 is 23.1 Å². The molecule has 130 valence electrons. The normalized spacial score (nSPS) is 12.8. The van der Waals surface area contributed by atoms with Gasteiger partial charge in [0, 0.05) is 22.7 Å². The minimum atomic E-state index is -0.282. The fraction of sp³-hybridized carbons (Fsp3) is 0.105. The molecule has 0 aliphatic rings. The van der Waals surface area contributed by atoms with Gasteiger partial charge in [-0.15, -0.1) is 11.3 Å². The molecule has 1 atom stereocenters. The molecule has 0 spiro atoms. The highest BCUT2D eigenvalue weighted by atomic mass is 32.2. The lowest BCUT2D eigenvalue weighted by Gasteiger charge is -2.06. The maximum Gasteiger partial charge on any atom is 0.253 e. The van der Waals surface area contributed by atoms with E-state index in [1.807, 2.05) is 61.7 Å². The van der Waals surface area contributed by atoms with Crippen molar-refractivity contribution in [2.75, 3.05) is 0 Å². The maximum atomic E-state index is 12.3. The van der Waals surface area contributed by atoms with Crippen molar-refractivity contribution in [2.45, 2.75) is 16.5 Å². The Balaban J connectivity index is 1.39. The molecule has 2 aromatic heterocycles. The van der Waals surface area contributed by atoms with Crippen molar-refractivity contribution in [3.63, 3.8) is 0 Å². The average molecular weight is 380 g/mol. The van der Waals surface area contributed by atoms with Crippen molar-refractivity contribution in [1.29, 1.82) is 0 Å². The molecule has 0 radical (unpaired) electrons. The van der Waals surface area contributed by atoms with Gasteiger partial charge in [0.05, 0.1) is 21.7 Å². The molecule has 4 rings (SSSR count). The lowest BCUT2D eigenvalue weighted by molar-refractivity contribution is -0.120. The lowest BCUT2D eigenvalue weighted by atomic mass is 10.2. The molecule has 0 aliphatic carbocycles. The van der Waals surface area contributed by atoms with E-state index in [1.165, 1.54) is 11.8 Å². The molecule has 0 bridgehead atoms. The summed E-state index contributed by atoms with van der Waals surface area (Å²) in [6.45, 7) is 1.85. The molecule has 0 fully saturated rings. The standard InChI is InChI=1S/C19H16N4OS2/c1-12(25-19-22-16-8-4-5-9-17(16)26-19)18(24)23-21-11-13-10-20-15-7-3-2-6-14(13)15/h2-12,20H,1H3,(H,23,24)/b21-11-/t12-/m1/s1. The van der Waals surface area contributed by atoms with Crippen LogP contribution in [0.5, 0.6) is 0 Å². The Labute approximate surface area is 158 Å². The second-order valence-electron chi connectivity index (χ2n) is 5.73. The number of nitrogens with one attached hydrogen (secondary N) is 2. The first-order chi connectivity index (χ1) is 12.7. The summed E-state index contributed by atoms with van der Waals surface area (Å²) in [5.74, 6) is -0.148. The van der Waals surface area contributed by atoms with Gasteiger partial charge in [-0.05, 0) is 25.1 Å². The van der Waals surface area contributed by atoms with E-state index >= 15 is 0 Å². The summed E-state index contributed by atoms with van der Waals surface area (Å²) in [6, 6.07) is 15.9. The smallest absolute Gasteiger partial charge is 0.253 e. The summed E-state index contributed by atoms with van der Waals surface area (Å²) in [7, 11) is 0. The molecule has 2 N–H and O–H groups in total. The van der Waals surface area contributed by atoms with Gasteiger partial charge in [-0.2, -0.15) is 5.10 Å². The highest BCUT2D eigenvalue weighted by Crippen LogP contribution is 2.31. The fourth-order valence-corrected chi connectivity index (χ4v) is 4.77. The number of benzene rings is 2. The van der Waals surface area contributed by atoms with Crippen LogP contribution in [0.1, 0.15) is 12.5 Å². The van der Waals surface area contributed by atoms with E-state index in [0.29, 0.717) is 0 Å². The second kappa shape index (κ2) is 7.31. The number of hydrogen-bond acceptors (Lipinski definition) is 5. The van der Waals surface area contributed by atoms with Gasteiger partial charge >= 0.3 is 0 Å². The molecule has 1 amide bonds. The van der Waals surface area contributed by atoms with Gasteiger partial charge in [-0.3, -0.25) is 4.79 Å². The quantitative estimate of drug-likeness (QED) is 0.306. The number of para-hydroxylation sites is 2. The first-order valence-electron chi connectivity index (χ1n) is 8.12. The van der Waals surface area contributed by atoms with Gasteiger partial charge in [0.2, 0.25) is 0 Å². The van der Waals surface area contributed by atoms with E-state index in [-0.39, 0.29) is 11.2 Å². The molecular weight excluding hydrogens is 364 g/mol. The van der Waals surface area contributed by atoms with Crippen LogP contribution < -0.4 is 5.43 Å². The Morgan fingerprint density at radius 3 is 2.96 bits per heavy atom. The molecule has 2 heterocycles. The van der Waals surface area contributed by atoms with Gasteiger partial charge in [-0.25, -0.2) is 10.4 Å². The average Bonchev–Trinajstić information content (AvgIpc) is 3.25. The lowest BCUT2D eigenvalue weighted by Crippen LogP contribution is -2.26. The predicted molar refractivity (Wildman–Crippen MR) is 109 cm³/mol. The minimum absolute atomic E-state index is 0.148. The number of fused-ring (bicyclic) bond motifs is 2. The highest BCUT2D eigenvalue weighted by molar-refractivity contribution is 8.02. The molecule has 5 nitrogen and oxygen atoms in total. The van der Waals surface area contributed by atoms with Gasteiger partial charge in [0.25, 0.3) is 5.91 Å². The highest BCUT2D eigenvalue weighted by Gasteiger charge is 2.16. The molecule has 0 saturated heterocycles. The number of aromatic nitrogens is 2. The first-order valence-corrected chi connectivity index (χ1v) is 9.81. The Morgan fingerprint density at radius 2 is 2.08 bits per heavy atom. The van der Waals surface area contributed by atoms with E-state index in [9.17, 15) is 4.79 Å². The molecular formula is C19H16N4OS2. The number of hydrogen-bond donors (Lipinski definition) is 2. The first kappa shape index (κ1) is 16.8. The van der Waals surface area contributed by atoms with Crippen molar-refractivity contribution in [3.8, 4) is 0 Å². The Hall–Kier alpha value is -2.64. The van der Waals surface area contributed by atoms with E-state index in [2.05, 4.69) is 20.5 Å². The third-order valence-electron chi connectivity index (χ3n) is 3.92. The van der Waals surface area contributed by atoms with Gasteiger partial charge in [-0.1, -0.05) is 42.1 Å². The molecule has 4 aromatic rings. The van der Waals surface area contributed by atoms with E-state index in [4.69, 9.17) is 0 Å². The Morgan fingerprint density at radius 1 is 1.27 bits per heavy atom. The second-order valence-corrected chi connectivity index (χ2v) is 8.35. The summed E-state index contributed by atoms with van der Waals surface area (Å²) in [6.07, 6.45) is 3.53. The number of carbonyl (C=O) groups is 1. The summed E-state index contributed by atoms with van der Waals surface area (Å²) >= 11 is 3.04. The van der Waals surface area contributed by atoms with Gasteiger partial charge in [0.1, 0.15) is 0 Å². The zero-order valence-corrected chi connectivity index (χ0v) is 15.6. The summed E-state index contributed by atoms with van der Waals surface area (Å²) < 4.78 is 2.01. The number of nitrogens with zero attached hydrogens (tertiary/aromatic N) is 2. The number of hydrazone groups is 1. The predicted octanol–water partition coefficient (Wildman–Crippen LogP) is 4.41. The molecule has 7 heteroatoms. The molecule has 2 aromatic carbocycles. The third kappa shape index (κ3) is 3.49. The Kier molecular flexibility index (Phi) is 4.73. The maximum absolute atomic E-state index is 12.3. The summed E-state index contributed by atoms with van der Waals surface area (Å²) in [5.41, 5.74) is 5.55. The van der Waals surface area contributed by atoms with Crippen LogP contribution in [0, 0.1) is 0 Å². The Bertz CT molecular complexity index is 1070. The summed E-state index contributed by atoms with van der Waals surface area (Å²) in [5, 5.41) is 4.88. The minimum Gasteiger partial charge on any atom is -0.361 e. The van der Waals surface area contributed by atoms with Crippen LogP contribution in [-0.4, -0.2) is 27.3 Å². The number of thioether (sulfide) groups is 1. The van der Waals surface area contributed by atoms with Crippen molar-refractivity contribution in [2.24, 2.45) is 5.10 Å². The van der Waals surface area contributed by atoms with Gasteiger partial charge in [0.15, 0.2) is 4.34 Å². The zero-order valence-electron chi connectivity index (χ0n) is 14.0. The zero-order chi connectivity index (χ0) is 17.9. The number of thiazole rings is 1. The van der Waals surface area contributed by atoms with Crippen LogP contribution in [0.15, 0.2) is 64.2 Å². The topological polar surface area (TPSA) is 70.1 Å². The molecule has 0 saturated carbocycles. The molecule has 0 aliphatic heterocycles. The molecule has 26 heavy (non-hydrogen) atoms. The number of H-pyrrole nitrogens is 1. The van der Waals surface area contributed by atoms with Crippen molar-refractivity contribution >= 4 is 56.3 Å². The van der Waals surface area contributed by atoms with Crippen molar-refractivity contribution < 1.29 is 4.79 Å². The van der Waals surface area contributed by atoms with Crippen LogP contribution in [0.4, 0.5) is 0 Å². The molecule has 0 unspecified atom stereocenters. The SMILES string of the molecule is C[C@@H](Sc1nc2ccccc2s1)C(=O)N/N=C\c1c[nH]c2ccccc12. The van der Waals surface area contributed by atoms with E-state index in [0.717, 1.165) is 31.0 Å². The van der Waals surface area contributed by atoms with E-state index in [1.54, 1.807) is 17.6 Å². The number of aromatic amines is 1. The van der Waals surface area contributed by atoms with Crippen molar-refractivity contribution in [1.82, 2.24) is 15.4 Å². The van der Waals surface area contributed by atoms with E-state index < -0.39 is 0 Å². The number of carbonyl (C=O) groups excluding carboxylic acids is 1. The number of rotatable bonds is 5. The van der Waals surface area contributed by atoms with Crippen LogP contribution in [-0.2, 0) is 4.79 Å². The van der Waals surface area contributed by atoms with Crippen LogP contribution in [0.25, 0.3) is 21.1 Å². The summed E-state index contributed by atoms with van der Waals surface area (Å²) in [4.78, 5) is 20.0. The van der Waals surface area contributed by atoms with Crippen molar-refractivity contribution in [3.05, 3.63) is 60.3 Å².